The first kappa shape index (κ1) is 15.6. The predicted octanol–water partition coefficient (Wildman–Crippen LogP) is 0.716. The largest absolute Gasteiger partial charge is 0.464 e. The summed E-state index contributed by atoms with van der Waals surface area (Å²) in [6.07, 6.45) is 0.638. The number of esters is 1. The molecule has 7 heteroatoms. The third kappa shape index (κ3) is 4.29. The van der Waals surface area contributed by atoms with Gasteiger partial charge in [0, 0.05) is 11.8 Å². The predicted molar refractivity (Wildman–Crippen MR) is 73.1 cm³/mol. The Balaban J connectivity index is 2.69. The Bertz CT molecular complexity index is 457. The number of amides is 1. The molecule has 0 aliphatic rings. The van der Waals surface area contributed by atoms with E-state index in [1.165, 1.54) is 11.3 Å². The van der Waals surface area contributed by atoms with E-state index in [-0.39, 0.29) is 6.61 Å². The van der Waals surface area contributed by atoms with Crippen molar-refractivity contribution in [1.82, 2.24) is 10.3 Å². The van der Waals surface area contributed by atoms with Crippen molar-refractivity contribution in [2.24, 2.45) is 5.73 Å². The molecule has 0 aliphatic heterocycles. The van der Waals surface area contributed by atoms with E-state index in [2.05, 4.69) is 10.3 Å². The Morgan fingerprint density at radius 3 is 2.79 bits per heavy atom. The van der Waals surface area contributed by atoms with E-state index in [4.69, 9.17) is 10.5 Å². The molecule has 0 aliphatic carbocycles. The zero-order valence-electron chi connectivity index (χ0n) is 11.4. The number of thiazole rings is 1. The van der Waals surface area contributed by atoms with Crippen LogP contribution in [0.3, 0.4) is 0 Å². The molecule has 0 fully saturated rings. The Hall–Kier alpha value is -1.47. The number of nitrogens with one attached hydrogen (secondary N) is 1. The second-order valence-corrected chi connectivity index (χ2v) is 5.41. The molecule has 1 aromatic rings. The van der Waals surface area contributed by atoms with Crippen molar-refractivity contribution in [3.05, 3.63) is 16.1 Å². The highest BCUT2D eigenvalue weighted by molar-refractivity contribution is 7.09. The van der Waals surface area contributed by atoms with Gasteiger partial charge in [0.25, 0.3) is 5.91 Å². The number of ether oxygens (including phenoxy) is 1. The fourth-order valence-corrected chi connectivity index (χ4v) is 2.16. The first-order chi connectivity index (χ1) is 8.90. The van der Waals surface area contributed by atoms with E-state index in [9.17, 15) is 9.59 Å². The van der Waals surface area contributed by atoms with Gasteiger partial charge in [0.05, 0.1) is 11.6 Å². The van der Waals surface area contributed by atoms with Crippen molar-refractivity contribution in [2.75, 3.05) is 13.2 Å². The maximum absolute atomic E-state index is 12.0. The molecular weight excluding hydrogens is 266 g/mol. The normalized spacial score (nSPS) is 11.2. The van der Waals surface area contributed by atoms with Crippen LogP contribution < -0.4 is 11.1 Å². The van der Waals surface area contributed by atoms with Crippen LogP contribution in [0.1, 0.15) is 36.3 Å². The topological polar surface area (TPSA) is 94.3 Å². The highest BCUT2D eigenvalue weighted by Crippen LogP contribution is 2.12. The highest BCUT2D eigenvalue weighted by Gasteiger charge is 2.31. The first-order valence-electron chi connectivity index (χ1n) is 6.05. The molecule has 1 heterocycles. The molecule has 0 aromatic carbocycles. The maximum Gasteiger partial charge on any atom is 0.331 e. The van der Waals surface area contributed by atoms with E-state index in [1.807, 2.05) is 0 Å². The van der Waals surface area contributed by atoms with Gasteiger partial charge in [-0.25, -0.2) is 9.78 Å². The van der Waals surface area contributed by atoms with Crippen LogP contribution >= 0.6 is 11.3 Å². The third-order valence-electron chi connectivity index (χ3n) is 2.35. The lowest BCUT2D eigenvalue weighted by Crippen LogP contribution is -2.50. The van der Waals surface area contributed by atoms with Gasteiger partial charge in [-0.05, 0) is 27.3 Å². The summed E-state index contributed by atoms with van der Waals surface area (Å²) in [5.74, 6) is -0.863. The van der Waals surface area contributed by atoms with Crippen molar-refractivity contribution < 1.29 is 14.3 Å². The number of carbonyl (C=O) groups is 2. The van der Waals surface area contributed by atoms with Crippen molar-refractivity contribution >= 4 is 23.2 Å². The van der Waals surface area contributed by atoms with Crippen LogP contribution in [-0.2, 0) is 16.0 Å². The lowest BCUT2D eigenvalue weighted by molar-refractivity contribution is -0.149. The molecule has 0 spiro atoms. The second-order valence-electron chi connectivity index (χ2n) is 4.46. The quantitative estimate of drug-likeness (QED) is 0.751. The summed E-state index contributed by atoms with van der Waals surface area (Å²) in [5.41, 5.74) is 4.64. The fourth-order valence-electron chi connectivity index (χ4n) is 1.36. The van der Waals surface area contributed by atoms with Crippen molar-refractivity contribution in [2.45, 2.75) is 32.7 Å². The smallest absolute Gasteiger partial charge is 0.331 e. The summed E-state index contributed by atoms with van der Waals surface area (Å²) in [6.45, 7) is 5.67. The number of carbonyl (C=O) groups excluding carboxylic acids is 2. The van der Waals surface area contributed by atoms with E-state index in [0.29, 0.717) is 18.7 Å². The lowest BCUT2D eigenvalue weighted by atomic mass is 10.1. The summed E-state index contributed by atoms with van der Waals surface area (Å²) in [7, 11) is 0. The van der Waals surface area contributed by atoms with Crippen LogP contribution in [0.4, 0.5) is 0 Å². The molecule has 1 aromatic heterocycles. The Morgan fingerprint density at radius 1 is 1.53 bits per heavy atom. The molecule has 3 N–H and O–H groups in total. The number of rotatable bonds is 6. The second kappa shape index (κ2) is 6.63. The van der Waals surface area contributed by atoms with Gasteiger partial charge in [-0.1, -0.05) is 0 Å². The molecule has 0 radical (unpaired) electrons. The lowest BCUT2D eigenvalue weighted by Gasteiger charge is -2.23. The standard InChI is InChI=1S/C12H19N3O3S/c1-4-18-11(17)12(2,3)15-10(16)8-7-19-9(14-8)5-6-13/h7H,4-6,13H2,1-3H3,(H,15,16). The molecular formula is C12H19N3O3S. The van der Waals surface area contributed by atoms with Crippen LogP contribution in [0.15, 0.2) is 5.38 Å². The van der Waals surface area contributed by atoms with E-state index < -0.39 is 17.4 Å². The fraction of sp³-hybridized carbons (Fsp3) is 0.583. The van der Waals surface area contributed by atoms with Crippen LogP contribution in [0.2, 0.25) is 0 Å². The molecule has 0 bridgehead atoms. The summed E-state index contributed by atoms with van der Waals surface area (Å²) < 4.78 is 4.90. The number of nitrogens with zero attached hydrogens (tertiary/aromatic N) is 1. The highest BCUT2D eigenvalue weighted by atomic mass is 32.1. The minimum Gasteiger partial charge on any atom is -0.464 e. The van der Waals surface area contributed by atoms with Crippen LogP contribution in [0, 0.1) is 0 Å². The molecule has 0 saturated heterocycles. The van der Waals surface area contributed by atoms with E-state index >= 15 is 0 Å². The van der Waals surface area contributed by atoms with Crippen LogP contribution in [0.5, 0.6) is 0 Å². The van der Waals surface area contributed by atoms with E-state index in [0.717, 1.165) is 5.01 Å². The van der Waals surface area contributed by atoms with Gasteiger partial charge in [-0.2, -0.15) is 0 Å². The van der Waals surface area contributed by atoms with Gasteiger partial charge < -0.3 is 15.8 Å². The molecule has 106 valence electrons. The molecule has 19 heavy (non-hydrogen) atoms. The minimum absolute atomic E-state index is 0.273. The Morgan fingerprint density at radius 2 is 2.21 bits per heavy atom. The van der Waals surface area contributed by atoms with Crippen LogP contribution in [-0.4, -0.2) is 35.6 Å². The monoisotopic (exact) mass is 285 g/mol. The molecule has 6 nitrogen and oxygen atoms in total. The van der Waals surface area contributed by atoms with E-state index in [1.54, 1.807) is 26.2 Å². The average molecular weight is 285 g/mol. The van der Waals surface area contributed by atoms with Gasteiger partial charge in [0.1, 0.15) is 11.2 Å². The molecule has 1 amide bonds. The maximum atomic E-state index is 12.0. The zero-order valence-corrected chi connectivity index (χ0v) is 12.2. The average Bonchev–Trinajstić information content (AvgIpc) is 2.78. The molecule has 1 rings (SSSR count). The summed E-state index contributed by atoms with van der Waals surface area (Å²) in [6, 6.07) is 0. The van der Waals surface area contributed by atoms with Crippen molar-refractivity contribution in [3.8, 4) is 0 Å². The van der Waals surface area contributed by atoms with Crippen molar-refractivity contribution in [1.29, 1.82) is 0 Å². The number of nitrogens with two attached hydrogens (primary N) is 1. The first-order valence-corrected chi connectivity index (χ1v) is 6.93. The van der Waals surface area contributed by atoms with Gasteiger partial charge in [0.15, 0.2) is 0 Å². The van der Waals surface area contributed by atoms with Crippen molar-refractivity contribution in [3.63, 3.8) is 0 Å². The minimum atomic E-state index is -1.08. The zero-order chi connectivity index (χ0) is 14.5. The number of aromatic nitrogens is 1. The number of hydrogen-bond donors (Lipinski definition) is 2. The summed E-state index contributed by atoms with van der Waals surface area (Å²) >= 11 is 1.38. The Kier molecular flexibility index (Phi) is 5.44. The van der Waals surface area contributed by atoms with Gasteiger partial charge in [-0.15, -0.1) is 11.3 Å². The molecule has 0 unspecified atom stereocenters. The molecule has 0 saturated carbocycles. The van der Waals surface area contributed by atoms with Gasteiger partial charge in [-0.3, -0.25) is 4.79 Å². The summed E-state index contributed by atoms with van der Waals surface area (Å²) in [5, 5.41) is 5.07. The van der Waals surface area contributed by atoms with Crippen LogP contribution in [0.25, 0.3) is 0 Å². The Labute approximate surface area is 116 Å². The van der Waals surface area contributed by atoms with Gasteiger partial charge >= 0.3 is 5.97 Å². The molecule has 0 atom stereocenters. The summed E-state index contributed by atoms with van der Waals surface area (Å²) in [4.78, 5) is 27.8. The SMILES string of the molecule is CCOC(=O)C(C)(C)NC(=O)c1csc(CCN)n1. The van der Waals surface area contributed by atoms with Gasteiger partial charge in [0.2, 0.25) is 0 Å². The third-order valence-corrected chi connectivity index (χ3v) is 3.26. The number of hydrogen-bond acceptors (Lipinski definition) is 6.